The standard InChI is InChI=1S/C16H16N4O/c1-12(13-5-4-7-17-10-13)18-11-14-9-16(21)20-8-3-2-6-15(20)19-14/h2-10,12,18H,11H2,1H3/t12-/m1/s1. The topological polar surface area (TPSA) is 59.3 Å². The summed E-state index contributed by atoms with van der Waals surface area (Å²) in [7, 11) is 0. The minimum Gasteiger partial charge on any atom is -0.305 e. The van der Waals surface area contributed by atoms with Gasteiger partial charge in [0.2, 0.25) is 0 Å². The second-order valence-electron chi connectivity index (χ2n) is 4.90. The maximum absolute atomic E-state index is 12.0. The third kappa shape index (κ3) is 2.98. The Hall–Kier alpha value is -2.53. The molecule has 5 nitrogen and oxygen atoms in total. The summed E-state index contributed by atoms with van der Waals surface area (Å²) in [5.74, 6) is 0. The molecule has 0 amide bonds. The summed E-state index contributed by atoms with van der Waals surface area (Å²) in [4.78, 5) is 20.6. The lowest BCUT2D eigenvalue weighted by atomic mass is 10.1. The van der Waals surface area contributed by atoms with Crippen LogP contribution >= 0.6 is 0 Å². The Morgan fingerprint density at radius 2 is 2.19 bits per heavy atom. The molecule has 0 bridgehead atoms. The number of fused-ring (bicyclic) bond motifs is 1. The van der Waals surface area contributed by atoms with Crippen LogP contribution in [0.4, 0.5) is 0 Å². The van der Waals surface area contributed by atoms with E-state index in [0.29, 0.717) is 12.2 Å². The average Bonchev–Trinajstić information content (AvgIpc) is 2.53. The van der Waals surface area contributed by atoms with Crippen LogP contribution in [0.25, 0.3) is 5.65 Å². The van der Waals surface area contributed by atoms with Crippen LogP contribution < -0.4 is 10.9 Å². The first-order valence-electron chi connectivity index (χ1n) is 6.84. The summed E-state index contributed by atoms with van der Waals surface area (Å²) in [6.07, 6.45) is 5.31. The third-order valence-electron chi connectivity index (χ3n) is 3.40. The van der Waals surface area contributed by atoms with Gasteiger partial charge >= 0.3 is 0 Å². The Morgan fingerprint density at radius 3 is 3.00 bits per heavy atom. The van der Waals surface area contributed by atoms with Gasteiger partial charge in [0.25, 0.3) is 5.56 Å². The Labute approximate surface area is 122 Å². The molecule has 106 valence electrons. The van der Waals surface area contributed by atoms with Gasteiger partial charge < -0.3 is 5.32 Å². The van der Waals surface area contributed by atoms with Gasteiger partial charge in [-0.25, -0.2) is 4.98 Å². The highest BCUT2D eigenvalue weighted by atomic mass is 16.1. The number of pyridine rings is 2. The smallest absolute Gasteiger partial charge is 0.258 e. The minimum absolute atomic E-state index is 0.0635. The molecule has 1 atom stereocenters. The lowest BCUT2D eigenvalue weighted by molar-refractivity contribution is 0.566. The van der Waals surface area contributed by atoms with Crippen LogP contribution in [-0.4, -0.2) is 14.4 Å². The van der Waals surface area contributed by atoms with Crippen LogP contribution in [0.15, 0.2) is 59.8 Å². The van der Waals surface area contributed by atoms with Crippen molar-refractivity contribution in [2.45, 2.75) is 19.5 Å². The fourth-order valence-corrected chi connectivity index (χ4v) is 2.20. The molecule has 0 saturated carbocycles. The molecule has 3 rings (SSSR count). The highest BCUT2D eigenvalue weighted by Gasteiger charge is 2.06. The average molecular weight is 280 g/mol. The van der Waals surface area contributed by atoms with Crippen LogP contribution in [0.2, 0.25) is 0 Å². The Morgan fingerprint density at radius 1 is 1.29 bits per heavy atom. The van der Waals surface area contributed by atoms with Crippen molar-refractivity contribution in [1.82, 2.24) is 19.7 Å². The zero-order chi connectivity index (χ0) is 14.7. The fourth-order valence-electron chi connectivity index (χ4n) is 2.20. The van der Waals surface area contributed by atoms with E-state index in [9.17, 15) is 4.79 Å². The zero-order valence-corrected chi connectivity index (χ0v) is 11.7. The number of nitrogens with one attached hydrogen (secondary N) is 1. The summed E-state index contributed by atoms with van der Waals surface area (Å²) in [5.41, 5.74) is 2.44. The van der Waals surface area contributed by atoms with Crippen LogP contribution in [0, 0.1) is 0 Å². The molecule has 0 aliphatic rings. The van der Waals surface area contributed by atoms with E-state index < -0.39 is 0 Å². The number of rotatable bonds is 4. The fraction of sp³-hybridized carbons (Fsp3) is 0.188. The Kier molecular flexibility index (Phi) is 3.75. The van der Waals surface area contributed by atoms with Crippen LogP contribution in [0.5, 0.6) is 0 Å². The number of aromatic nitrogens is 3. The van der Waals surface area contributed by atoms with E-state index in [1.54, 1.807) is 18.5 Å². The van der Waals surface area contributed by atoms with Crippen molar-refractivity contribution in [3.63, 3.8) is 0 Å². The molecule has 0 aliphatic carbocycles. The van der Waals surface area contributed by atoms with Crippen LogP contribution in [-0.2, 0) is 6.54 Å². The largest absolute Gasteiger partial charge is 0.305 e. The molecular weight excluding hydrogens is 264 g/mol. The van der Waals surface area contributed by atoms with Gasteiger partial charge in [0.15, 0.2) is 0 Å². The Balaban J connectivity index is 1.78. The van der Waals surface area contributed by atoms with Crippen molar-refractivity contribution in [2.75, 3.05) is 0 Å². The highest BCUT2D eigenvalue weighted by Crippen LogP contribution is 2.10. The summed E-state index contributed by atoms with van der Waals surface area (Å²) >= 11 is 0. The van der Waals surface area contributed by atoms with E-state index in [-0.39, 0.29) is 11.6 Å². The first kappa shape index (κ1) is 13.5. The van der Waals surface area contributed by atoms with E-state index >= 15 is 0 Å². The molecule has 0 aromatic carbocycles. The third-order valence-corrected chi connectivity index (χ3v) is 3.40. The first-order valence-corrected chi connectivity index (χ1v) is 6.84. The molecule has 0 unspecified atom stereocenters. The van der Waals surface area contributed by atoms with Crippen molar-refractivity contribution in [2.24, 2.45) is 0 Å². The molecule has 0 radical (unpaired) electrons. The van der Waals surface area contributed by atoms with Gasteiger partial charge in [-0.1, -0.05) is 12.1 Å². The number of hydrogen-bond acceptors (Lipinski definition) is 4. The van der Waals surface area contributed by atoms with Crippen molar-refractivity contribution in [3.05, 3.63) is 76.6 Å². The van der Waals surface area contributed by atoms with E-state index in [1.165, 1.54) is 4.40 Å². The predicted molar refractivity (Wildman–Crippen MR) is 81.0 cm³/mol. The van der Waals surface area contributed by atoms with Crippen molar-refractivity contribution < 1.29 is 0 Å². The molecule has 3 aromatic rings. The van der Waals surface area contributed by atoms with Gasteiger partial charge in [0.1, 0.15) is 5.65 Å². The highest BCUT2D eigenvalue weighted by molar-refractivity contribution is 5.38. The Bertz CT molecular complexity index is 798. The molecular formula is C16H16N4O. The van der Waals surface area contributed by atoms with Crippen molar-refractivity contribution in [1.29, 1.82) is 0 Å². The van der Waals surface area contributed by atoms with Gasteiger partial charge in [-0.15, -0.1) is 0 Å². The molecule has 5 heteroatoms. The van der Waals surface area contributed by atoms with Crippen molar-refractivity contribution in [3.8, 4) is 0 Å². The van der Waals surface area contributed by atoms with Gasteiger partial charge in [0.05, 0.1) is 5.69 Å². The molecule has 1 N–H and O–H groups in total. The maximum atomic E-state index is 12.0. The number of hydrogen-bond donors (Lipinski definition) is 1. The SMILES string of the molecule is C[C@@H](NCc1cc(=O)n2ccccc2n1)c1cccnc1. The molecule has 0 fully saturated rings. The molecule has 3 heterocycles. The molecule has 0 spiro atoms. The van der Waals surface area contributed by atoms with Crippen LogP contribution in [0.1, 0.15) is 24.2 Å². The lowest BCUT2D eigenvalue weighted by Crippen LogP contribution is -2.22. The van der Waals surface area contributed by atoms with E-state index in [2.05, 4.69) is 22.2 Å². The van der Waals surface area contributed by atoms with Crippen molar-refractivity contribution >= 4 is 5.65 Å². The van der Waals surface area contributed by atoms with Gasteiger partial charge in [-0.2, -0.15) is 0 Å². The predicted octanol–water partition coefficient (Wildman–Crippen LogP) is 1.94. The van der Waals surface area contributed by atoms with Gasteiger partial charge in [-0.05, 0) is 30.7 Å². The maximum Gasteiger partial charge on any atom is 0.258 e. The summed E-state index contributed by atoms with van der Waals surface area (Å²) in [6, 6.07) is 11.2. The van der Waals surface area contributed by atoms with Gasteiger partial charge in [0, 0.05) is 37.2 Å². The monoisotopic (exact) mass is 280 g/mol. The summed E-state index contributed by atoms with van der Waals surface area (Å²) in [5, 5.41) is 3.36. The second kappa shape index (κ2) is 5.85. The lowest BCUT2D eigenvalue weighted by Gasteiger charge is -2.13. The molecule has 0 saturated heterocycles. The zero-order valence-electron chi connectivity index (χ0n) is 11.7. The summed E-state index contributed by atoms with van der Waals surface area (Å²) < 4.78 is 1.54. The minimum atomic E-state index is -0.0635. The van der Waals surface area contributed by atoms with Crippen LogP contribution in [0.3, 0.4) is 0 Å². The van der Waals surface area contributed by atoms with E-state index in [4.69, 9.17) is 0 Å². The quantitative estimate of drug-likeness (QED) is 0.793. The summed E-state index contributed by atoms with van der Waals surface area (Å²) in [6.45, 7) is 2.60. The first-order chi connectivity index (χ1) is 10.2. The number of nitrogens with zero attached hydrogens (tertiary/aromatic N) is 3. The molecule has 0 aliphatic heterocycles. The molecule has 3 aromatic heterocycles. The second-order valence-corrected chi connectivity index (χ2v) is 4.90. The van der Waals surface area contributed by atoms with Gasteiger partial charge in [-0.3, -0.25) is 14.2 Å². The normalized spacial score (nSPS) is 12.4. The van der Waals surface area contributed by atoms with E-state index in [1.807, 2.05) is 36.5 Å². The molecule has 21 heavy (non-hydrogen) atoms. The van der Waals surface area contributed by atoms with E-state index in [0.717, 1.165) is 11.3 Å².